The molecule has 0 amide bonds. The Hall–Kier alpha value is -0.390. The summed E-state index contributed by atoms with van der Waals surface area (Å²) in [7, 11) is -3.15. The van der Waals surface area contributed by atoms with Gasteiger partial charge in [-0.15, -0.1) is 6.58 Å². The maximum Gasteiger partial charge on any atom is 0.211 e. The number of hydrogen-bond donors (Lipinski definition) is 2. The van der Waals surface area contributed by atoms with Crippen molar-refractivity contribution in [3.05, 3.63) is 12.7 Å². The second-order valence-electron chi connectivity index (χ2n) is 3.93. The van der Waals surface area contributed by atoms with Crippen LogP contribution in [0, 0.1) is 0 Å². The van der Waals surface area contributed by atoms with E-state index in [2.05, 4.69) is 11.3 Å². The van der Waals surface area contributed by atoms with E-state index in [0.717, 1.165) is 19.3 Å². The van der Waals surface area contributed by atoms with Gasteiger partial charge in [-0.1, -0.05) is 6.08 Å². The van der Waals surface area contributed by atoms with E-state index in [-0.39, 0.29) is 11.3 Å². The molecule has 0 aromatic carbocycles. The third-order valence-corrected chi connectivity index (χ3v) is 3.94. The molecule has 0 spiro atoms. The van der Waals surface area contributed by atoms with Crippen LogP contribution < -0.4 is 10.5 Å². The van der Waals surface area contributed by atoms with Gasteiger partial charge < -0.3 is 5.73 Å². The molecule has 4 nitrogen and oxygen atoms in total. The Balaban J connectivity index is 2.32. The number of rotatable bonds is 6. The second kappa shape index (κ2) is 4.42. The van der Waals surface area contributed by atoms with Gasteiger partial charge in [0, 0.05) is 12.1 Å². The van der Waals surface area contributed by atoms with Crippen molar-refractivity contribution in [2.24, 2.45) is 5.73 Å². The summed E-state index contributed by atoms with van der Waals surface area (Å²) in [4.78, 5) is 0. The molecule has 1 fully saturated rings. The van der Waals surface area contributed by atoms with E-state index in [0.29, 0.717) is 13.0 Å². The Morgan fingerprint density at radius 2 is 2.14 bits per heavy atom. The van der Waals surface area contributed by atoms with E-state index in [4.69, 9.17) is 5.73 Å². The van der Waals surface area contributed by atoms with E-state index in [1.807, 2.05) is 0 Å². The largest absolute Gasteiger partial charge is 0.324 e. The van der Waals surface area contributed by atoms with E-state index in [1.54, 1.807) is 6.08 Å². The molecule has 0 atom stereocenters. The Labute approximate surface area is 85.6 Å². The zero-order valence-corrected chi connectivity index (χ0v) is 9.15. The summed E-state index contributed by atoms with van der Waals surface area (Å²) in [5.74, 6) is 0.104. The highest BCUT2D eigenvalue weighted by atomic mass is 32.2. The minimum atomic E-state index is -3.15. The highest BCUT2D eigenvalue weighted by molar-refractivity contribution is 7.89. The first kappa shape index (κ1) is 11.7. The lowest BCUT2D eigenvalue weighted by Gasteiger charge is -2.37. The van der Waals surface area contributed by atoms with Crippen molar-refractivity contribution < 1.29 is 8.42 Å². The summed E-state index contributed by atoms with van der Waals surface area (Å²) < 4.78 is 25.3. The van der Waals surface area contributed by atoms with Gasteiger partial charge in [-0.3, -0.25) is 0 Å². The SMILES string of the molecule is C=CCCS(=O)(=O)NCC1(N)CCC1. The molecule has 0 saturated heterocycles. The van der Waals surface area contributed by atoms with Crippen LogP contribution in [0.3, 0.4) is 0 Å². The van der Waals surface area contributed by atoms with Gasteiger partial charge in [-0.25, -0.2) is 13.1 Å². The van der Waals surface area contributed by atoms with E-state index >= 15 is 0 Å². The smallest absolute Gasteiger partial charge is 0.211 e. The molecule has 82 valence electrons. The van der Waals surface area contributed by atoms with Crippen molar-refractivity contribution >= 4 is 10.0 Å². The second-order valence-corrected chi connectivity index (χ2v) is 5.86. The predicted molar refractivity (Wildman–Crippen MR) is 57.4 cm³/mol. The van der Waals surface area contributed by atoms with Gasteiger partial charge in [0.25, 0.3) is 0 Å². The van der Waals surface area contributed by atoms with Crippen molar-refractivity contribution in [2.75, 3.05) is 12.3 Å². The van der Waals surface area contributed by atoms with Crippen LogP contribution in [0.2, 0.25) is 0 Å². The van der Waals surface area contributed by atoms with Crippen molar-refractivity contribution in [1.82, 2.24) is 4.72 Å². The summed E-state index contributed by atoms with van der Waals surface area (Å²) in [6, 6.07) is 0. The average molecular weight is 218 g/mol. The van der Waals surface area contributed by atoms with Crippen LogP contribution in [-0.4, -0.2) is 26.3 Å². The van der Waals surface area contributed by atoms with Gasteiger partial charge in [-0.05, 0) is 25.7 Å². The molecule has 0 aromatic heterocycles. The number of sulfonamides is 1. The van der Waals surface area contributed by atoms with Crippen LogP contribution in [0.15, 0.2) is 12.7 Å². The first-order chi connectivity index (χ1) is 6.47. The maximum absolute atomic E-state index is 11.4. The van der Waals surface area contributed by atoms with Gasteiger partial charge in [0.2, 0.25) is 10.0 Å². The molecule has 1 saturated carbocycles. The van der Waals surface area contributed by atoms with E-state index in [9.17, 15) is 8.42 Å². The van der Waals surface area contributed by atoms with E-state index in [1.165, 1.54) is 0 Å². The summed E-state index contributed by atoms with van der Waals surface area (Å²) in [5.41, 5.74) is 5.60. The highest BCUT2D eigenvalue weighted by Crippen LogP contribution is 2.28. The van der Waals surface area contributed by atoms with Gasteiger partial charge in [0.15, 0.2) is 0 Å². The lowest BCUT2D eigenvalue weighted by atomic mass is 9.78. The first-order valence-electron chi connectivity index (χ1n) is 4.85. The molecule has 0 radical (unpaired) electrons. The molecule has 1 rings (SSSR count). The zero-order valence-electron chi connectivity index (χ0n) is 8.33. The molecular weight excluding hydrogens is 200 g/mol. The summed E-state index contributed by atoms with van der Waals surface area (Å²) in [6.45, 7) is 3.85. The highest BCUT2D eigenvalue weighted by Gasteiger charge is 2.33. The van der Waals surface area contributed by atoms with Crippen LogP contribution >= 0.6 is 0 Å². The first-order valence-corrected chi connectivity index (χ1v) is 6.50. The van der Waals surface area contributed by atoms with Crippen LogP contribution in [0.5, 0.6) is 0 Å². The molecule has 14 heavy (non-hydrogen) atoms. The fourth-order valence-corrected chi connectivity index (χ4v) is 2.50. The van der Waals surface area contributed by atoms with Gasteiger partial charge in [0.1, 0.15) is 0 Å². The quantitative estimate of drug-likeness (QED) is 0.632. The molecule has 5 heteroatoms. The zero-order chi connectivity index (χ0) is 10.7. The molecule has 0 heterocycles. The van der Waals surface area contributed by atoms with Crippen LogP contribution in [0.1, 0.15) is 25.7 Å². The van der Waals surface area contributed by atoms with Crippen molar-refractivity contribution in [3.63, 3.8) is 0 Å². The molecule has 0 aromatic rings. The summed E-state index contributed by atoms with van der Waals surface area (Å²) >= 11 is 0. The fourth-order valence-electron chi connectivity index (χ4n) is 1.37. The van der Waals surface area contributed by atoms with Gasteiger partial charge in [0.05, 0.1) is 5.75 Å². The third-order valence-electron chi connectivity index (χ3n) is 2.58. The minimum absolute atomic E-state index is 0.104. The predicted octanol–water partition coefficient (Wildman–Crippen LogP) is 0.363. The molecule has 0 aliphatic heterocycles. The molecule has 0 unspecified atom stereocenters. The van der Waals surface area contributed by atoms with Crippen LogP contribution in [0.25, 0.3) is 0 Å². The van der Waals surface area contributed by atoms with Gasteiger partial charge >= 0.3 is 0 Å². The number of allylic oxidation sites excluding steroid dienone is 1. The molecular formula is C9H18N2O2S. The monoisotopic (exact) mass is 218 g/mol. The van der Waals surface area contributed by atoms with E-state index < -0.39 is 10.0 Å². The topological polar surface area (TPSA) is 72.2 Å². The maximum atomic E-state index is 11.4. The fraction of sp³-hybridized carbons (Fsp3) is 0.778. The number of nitrogens with two attached hydrogens (primary N) is 1. The molecule has 3 N–H and O–H groups in total. The number of nitrogens with one attached hydrogen (secondary N) is 1. The normalized spacial score (nSPS) is 20.1. The van der Waals surface area contributed by atoms with Crippen molar-refractivity contribution in [1.29, 1.82) is 0 Å². The average Bonchev–Trinajstić information content (AvgIpc) is 2.09. The minimum Gasteiger partial charge on any atom is -0.324 e. The summed E-state index contributed by atoms with van der Waals surface area (Å²) in [5, 5.41) is 0. The van der Waals surface area contributed by atoms with Gasteiger partial charge in [-0.2, -0.15) is 0 Å². The molecule has 0 bridgehead atoms. The Bertz CT molecular complexity index is 294. The standard InChI is InChI=1S/C9H18N2O2S/c1-2-3-7-14(12,13)11-8-9(10)5-4-6-9/h2,11H,1,3-8,10H2. The van der Waals surface area contributed by atoms with Crippen molar-refractivity contribution in [2.45, 2.75) is 31.2 Å². The lowest BCUT2D eigenvalue weighted by molar-refractivity contribution is 0.251. The van der Waals surface area contributed by atoms with Crippen LogP contribution in [0.4, 0.5) is 0 Å². The van der Waals surface area contributed by atoms with Crippen LogP contribution in [-0.2, 0) is 10.0 Å². The lowest BCUT2D eigenvalue weighted by Crippen LogP contribution is -2.55. The summed E-state index contributed by atoms with van der Waals surface area (Å²) in [6.07, 6.45) is 5.01. The Morgan fingerprint density at radius 3 is 2.57 bits per heavy atom. The number of hydrogen-bond acceptors (Lipinski definition) is 3. The Morgan fingerprint density at radius 1 is 1.50 bits per heavy atom. The Kier molecular flexibility index (Phi) is 3.69. The van der Waals surface area contributed by atoms with Crippen molar-refractivity contribution in [3.8, 4) is 0 Å². The third kappa shape index (κ3) is 3.40. The molecule has 1 aliphatic carbocycles. The molecule has 1 aliphatic rings.